The number of nitrogens with zero attached hydrogens (tertiary/aromatic N) is 1. The number of alkyl carbamates (subject to hydrolysis) is 1. The van der Waals surface area contributed by atoms with Crippen LogP contribution in [0.1, 0.15) is 59.9 Å². The van der Waals surface area contributed by atoms with E-state index >= 15 is 0 Å². The zero-order valence-electron chi connectivity index (χ0n) is 20.4. The van der Waals surface area contributed by atoms with E-state index in [1.54, 1.807) is 43.9 Å². The van der Waals surface area contributed by atoms with E-state index in [4.69, 9.17) is 4.74 Å². The first-order valence-electron chi connectivity index (χ1n) is 11.2. The van der Waals surface area contributed by atoms with Gasteiger partial charge in [0.05, 0.1) is 5.92 Å². The summed E-state index contributed by atoms with van der Waals surface area (Å²) in [6.07, 6.45) is -0.236. The van der Waals surface area contributed by atoms with E-state index in [2.05, 4.69) is 16.0 Å². The van der Waals surface area contributed by atoms with Crippen LogP contribution in [-0.2, 0) is 25.7 Å². The number of carbonyl (C=O) groups excluding carboxylic acids is 4. The SMILES string of the molecule is CC(C)(C)OC(=O)NCCC(=O)NCc1cccc(NC(=O)C2CC(=O)N(C(C)(C)C)C2)c1. The lowest BCUT2D eigenvalue weighted by atomic mass is 10.1. The van der Waals surface area contributed by atoms with Gasteiger partial charge in [-0.25, -0.2) is 4.79 Å². The lowest BCUT2D eigenvalue weighted by molar-refractivity contribution is -0.131. The van der Waals surface area contributed by atoms with Crippen LogP contribution in [0.25, 0.3) is 0 Å². The van der Waals surface area contributed by atoms with Gasteiger partial charge in [-0.2, -0.15) is 0 Å². The summed E-state index contributed by atoms with van der Waals surface area (Å²) in [4.78, 5) is 50.3. The highest BCUT2D eigenvalue weighted by Crippen LogP contribution is 2.26. The molecule has 9 nitrogen and oxygen atoms in total. The van der Waals surface area contributed by atoms with Crippen molar-refractivity contribution in [2.24, 2.45) is 5.92 Å². The number of benzene rings is 1. The maximum atomic E-state index is 12.7. The fraction of sp³-hybridized carbons (Fsp3) is 0.583. The van der Waals surface area contributed by atoms with Crippen molar-refractivity contribution >= 4 is 29.5 Å². The highest BCUT2D eigenvalue weighted by atomic mass is 16.6. The average Bonchev–Trinajstić information content (AvgIpc) is 3.07. The van der Waals surface area contributed by atoms with Gasteiger partial charge in [0, 0.05) is 43.7 Å². The summed E-state index contributed by atoms with van der Waals surface area (Å²) in [6.45, 7) is 12.0. The van der Waals surface area contributed by atoms with E-state index in [0.717, 1.165) is 5.56 Å². The van der Waals surface area contributed by atoms with E-state index in [9.17, 15) is 19.2 Å². The minimum Gasteiger partial charge on any atom is -0.444 e. The van der Waals surface area contributed by atoms with Crippen molar-refractivity contribution in [2.45, 2.75) is 72.1 Å². The normalized spacial score (nSPS) is 16.4. The molecule has 0 spiro atoms. The second-order valence-corrected chi connectivity index (χ2v) is 10.2. The van der Waals surface area contributed by atoms with Gasteiger partial charge in [0.2, 0.25) is 17.7 Å². The largest absolute Gasteiger partial charge is 0.444 e. The lowest BCUT2D eigenvalue weighted by Gasteiger charge is -2.31. The highest BCUT2D eigenvalue weighted by molar-refractivity contribution is 5.97. The van der Waals surface area contributed by atoms with Crippen LogP contribution in [0, 0.1) is 5.92 Å². The Hall–Kier alpha value is -3.10. The Morgan fingerprint density at radius 1 is 1.09 bits per heavy atom. The molecule has 0 aliphatic carbocycles. The van der Waals surface area contributed by atoms with Gasteiger partial charge < -0.3 is 25.6 Å². The molecular weight excluding hydrogens is 424 g/mol. The number of nitrogens with one attached hydrogen (secondary N) is 3. The summed E-state index contributed by atoms with van der Waals surface area (Å²) in [5.41, 5.74) is 0.527. The summed E-state index contributed by atoms with van der Waals surface area (Å²) in [5.74, 6) is -0.811. The smallest absolute Gasteiger partial charge is 0.407 e. The molecule has 1 unspecified atom stereocenters. The second-order valence-electron chi connectivity index (χ2n) is 10.2. The number of rotatable bonds is 7. The van der Waals surface area contributed by atoms with E-state index in [1.807, 2.05) is 26.8 Å². The highest BCUT2D eigenvalue weighted by Gasteiger charge is 2.39. The van der Waals surface area contributed by atoms with Gasteiger partial charge in [0.1, 0.15) is 5.60 Å². The molecule has 1 saturated heterocycles. The van der Waals surface area contributed by atoms with Crippen LogP contribution in [0.15, 0.2) is 24.3 Å². The zero-order chi connectivity index (χ0) is 24.8. The Labute approximate surface area is 195 Å². The molecule has 1 atom stereocenters. The number of carbonyl (C=O) groups is 4. The Morgan fingerprint density at radius 3 is 2.39 bits per heavy atom. The van der Waals surface area contributed by atoms with Crippen LogP contribution in [0.4, 0.5) is 10.5 Å². The van der Waals surface area contributed by atoms with E-state index in [-0.39, 0.29) is 49.2 Å². The Balaban J connectivity index is 1.79. The van der Waals surface area contributed by atoms with Crippen molar-refractivity contribution in [1.29, 1.82) is 0 Å². The summed E-state index contributed by atoms with van der Waals surface area (Å²) in [5, 5.41) is 8.21. The first kappa shape index (κ1) is 26.2. The molecule has 0 aromatic heterocycles. The minimum atomic E-state index is -0.591. The molecule has 0 radical (unpaired) electrons. The third-order valence-corrected chi connectivity index (χ3v) is 5.01. The van der Waals surface area contributed by atoms with Gasteiger partial charge >= 0.3 is 6.09 Å². The zero-order valence-corrected chi connectivity index (χ0v) is 20.4. The quantitative estimate of drug-likeness (QED) is 0.578. The van der Waals surface area contributed by atoms with E-state index in [1.165, 1.54) is 0 Å². The molecule has 1 aromatic rings. The first-order chi connectivity index (χ1) is 15.2. The summed E-state index contributed by atoms with van der Waals surface area (Å²) >= 11 is 0. The molecular formula is C24H36N4O5. The van der Waals surface area contributed by atoms with Gasteiger partial charge in [-0.1, -0.05) is 12.1 Å². The number of likely N-dealkylation sites (tertiary alicyclic amines) is 1. The Kier molecular flexibility index (Phi) is 8.46. The van der Waals surface area contributed by atoms with Gasteiger partial charge in [-0.05, 0) is 59.2 Å². The number of amides is 4. The van der Waals surface area contributed by atoms with Crippen molar-refractivity contribution in [1.82, 2.24) is 15.5 Å². The predicted molar refractivity (Wildman–Crippen MR) is 125 cm³/mol. The average molecular weight is 461 g/mol. The molecule has 0 bridgehead atoms. The standard InChI is InChI=1S/C24H36N4O5/c1-23(2,3)28-15-17(13-20(28)30)21(31)27-18-9-7-8-16(12-18)14-26-19(29)10-11-25-22(32)33-24(4,5)6/h7-9,12,17H,10-11,13-15H2,1-6H3,(H,25,32)(H,26,29)(H,27,31). The van der Waals surface area contributed by atoms with Crippen molar-refractivity contribution in [3.05, 3.63) is 29.8 Å². The van der Waals surface area contributed by atoms with Crippen LogP contribution in [0.3, 0.4) is 0 Å². The van der Waals surface area contributed by atoms with Crippen LogP contribution in [-0.4, -0.2) is 52.9 Å². The van der Waals surface area contributed by atoms with Crippen LogP contribution >= 0.6 is 0 Å². The molecule has 1 aromatic carbocycles. The Morgan fingerprint density at radius 2 is 1.79 bits per heavy atom. The minimum absolute atomic E-state index is 0.0136. The maximum absolute atomic E-state index is 12.7. The summed E-state index contributed by atoms with van der Waals surface area (Å²) in [6, 6.07) is 7.19. The molecule has 0 saturated carbocycles. The number of ether oxygens (including phenoxy) is 1. The molecule has 1 aliphatic heterocycles. The third-order valence-electron chi connectivity index (χ3n) is 5.01. The Bertz CT molecular complexity index is 886. The maximum Gasteiger partial charge on any atom is 0.407 e. The number of hydrogen-bond donors (Lipinski definition) is 3. The van der Waals surface area contributed by atoms with E-state index < -0.39 is 17.6 Å². The van der Waals surface area contributed by atoms with Crippen LogP contribution in [0.5, 0.6) is 0 Å². The first-order valence-corrected chi connectivity index (χ1v) is 11.2. The predicted octanol–water partition coefficient (Wildman–Crippen LogP) is 2.80. The summed E-state index contributed by atoms with van der Waals surface area (Å²) < 4.78 is 5.12. The topological polar surface area (TPSA) is 117 Å². The molecule has 9 heteroatoms. The second kappa shape index (κ2) is 10.7. The van der Waals surface area contributed by atoms with Crippen molar-refractivity contribution < 1.29 is 23.9 Å². The van der Waals surface area contributed by atoms with Gasteiger partial charge in [-0.15, -0.1) is 0 Å². The number of hydrogen-bond acceptors (Lipinski definition) is 5. The summed E-state index contributed by atoms with van der Waals surface area (Å²) in [7, 11) is 0. The molecule has 33 heavy (non-hydrogen) atoms. The fourth-order valence-electron chi connectivity index (χ4n) is 3.42. The van der Waals surface area contributed by atoms with Crippen LogP contribution in [0.2, 0.25) is 0 Å². The van der Waals surface area contributed by atoms with Gasteiger partial charge in [0.25, 0.3) is 0 Å². The lowest BCUT2D eigenvalue weighted by Crippen LogP contribution is -2.42. The van der Waals surface area contributed by atoms with E-state index in [0.29, 0.717) is 12.2 Å². The molecule has 182 valence electrons. The molecule has 1 fully saturated rings. The monoisotopic (exact) mass is 460 g/mol. The molecule has 3 N–H and O–H groups in total. The van der Waals surface area contributed by atoms with Crippen molar-refractivity contribution in [2.75, 3.05) is 18.4 Å². The fourth-order valence-corrected chi connectivity index (χ4v) is 3.42. The molecule has 2 rings (SSSR count). The van der Waals surface area contributed by atoms with Crippen LogP contribution < -0.4 is 16.0 Å². The van der Waals surface area contributed by atoms with Gasteiger partial charge in [0.15, 0.2) is 0 Å². The number of anilines is 1. The van der Waals surface area contributed by atoms with Gasteiger partial charge in [-0.3, -0.25) is 14.4 Å². The molecule has 1 aliphatic rings. The third kappa shape index (κ3) is 8.75. The van der Waals surface area contributed by atoms with Crippen molar-refractivity contribution in [3.8, 4) is 0 Å². The molecule has 4 amide bonds. The molecule has 1 heterocycles. The van der Waals surface area contributed by atoms with Crippen molar-refractivity contribution in [3.63, 3.8) is 0 Å².